The number of nitrogens with one attached hydrogen (secondary N) is 1. The highest BCUT2D eigenvalue weighted by atomic mass is 14.9. The monoisotopic (exact) mass is 461 g/mol. The first-order valence-corrected chi connectivity index (χ1v) is 13.1. The first kappa shape index (κ1) is 20.1. The van der Waals surface area contributed by atoms with E-state index in [0.29, 0.717) is 11.8 Å². The van der Waals surface area contributed by atoms with Crippen LogP contribution in [0.5, 0.6) is 0 Å². The molecule has 36 heavy (non-hydrogen) atoms. The number of allylic oxidation sites excluding steroid dienone is 11. The highest BCUT2D eigenvalue weighted by Crippen LogP contribution is 2.55. The topological polar surface area (TPSA) is 12.0 Å². The summed E-state index contributed by atoms with van der Waals surface area (Å²) in [5, 5.41) is 3.76. The van der Waals surface area contributed by atoms with E-state index < -0.39 is 0 Å². The Balaban J connectivity index is 1.33. The predicted molar refractivity (Wildman–Crippen MR) is 150 cm³/mol. The van der Waals surface area contributed by atoms with Crippen molar-refractivity contribution in [3.05, 3.63) is 148 Å². The van der Waals surface area contributed by atoms with Gasteiger partial charge in [-0.25, -0.2) is 0 Å². The fraction of sp³-hybridized carbons (Fsp3) is 0.143. The standard InChI is InChI=1S/C35H27N/c1-2-8-24(9-3-1)36-34-15-7-14-27(31-19-17-23-20-32(23)35(31)34)30-18-16-22-21-33-28(12-6-13-29(30)33)26-11-5-4-10-25(22)26/h1-13,15-19,23,32,36H,14,20-21H2. The molecule has 1 fully saturated rings. The van der Waals surface area contributed by atoms with E-state index in [1.807, 2.05) is 0 Å². The Kier molecular flexibility index (Phi) is 4.30. The molecule has 0 heterocycles. The highest BCUT2D eigenvalue weighted by Gasteiger charge is 2.44. The van der Waals surface area contributed by atoms with Crippen molar-refractivity contribution in [1.82, 2.24) is 0 Å². The number of hydrogen-bond acceptors (Lipinski definition) is 1. The minimum atomic E-state index is 0.622. The molecule has 5 aliphatic rings. The van der Waals surface area contributed by atoms with Crippen molar-refractivity contribution in [2.24, 2.45) is 11.8 Å². The van der Waals surface area contributed by atoms with E-state index in [1.165, 1.54) is 67.8 Å². The van der Waals surface area contributed by atoms with Crippen LogP contribution >= 0.6 is 0 Å². The molecule has 1 N–H and O–H groups in total. The fourth-order valence-electron chi connectivity index (χ4n) is 6.66. The van der Waals surface area contributed by atoms with Gasteiger partial charge in [0.15, 0.2) is 0 Å². The van der Waals surface area contributed by atoms with Crippen LogP contribution in [0.1, 0.15) is 29.5 Å². The Morgan fingerprint density at radius 1 is 0.722 bits per heavy atom. The van der Waals surface area contributed by atoms with Crippen LogP contribution in [-0.2, 0) is 6.42 Å². The van der Waals surface area contributed by atoms with Crippen LogP contribution in [0.15, 0.2) is 132 Å². The second kappa shape index (κ2) is 7.70. The number of para-hydroxylation sites is 1. The van der Waals surface area contributed by atoms with Crippen molar-refractivity contribution >= 4 is 16.8 Å². The van der Waals surface area contributed by atoms with E-state index in [0.717, 1.165) is 18.5 Å². The molecule has 0 saturated heterocycles. The summed E-state index contributed by atoms with van der Waals surface area (Å²) < 4.78 is 0. The third-order valence-corrected chi connectivity index (χ3v) is 8.46. The second-order valence-corrected chi connectivity index (χ2v) is 10.5. The first-order valence-electron chi connectivity index (χ1n) is 13.1. The molecule has 5 aliphatic carbocycles. The van der Waals surface area contributed by atoms with E-state index in [1.54, 1.807) is 0 Å². The maximum Gasteiger partial charge on any atom is 0.0422 e. The van der Waals surface area contributed by atoms with Crippen LogP contribution in [0.3, 0.4) is 0 Å². The summed E-state index contributed by atoms with van der Waals surface area (Å²) in [6.07, 6.45) is 17.6. The van der Waals surface area contributed by atoms with Gasteiger partial charge in [0.25, 0.3) is 0 Å². The summed E-state index contributed by atoms with van der Waals surface area (Å²) in [4.78, 5) is 0. The Labute approximate surface area is 212 Å². The largest absolute Gasteiger partial charge is 0.355 e. The van der Waals surface area contributed by atoms with E-state index in [4.69, 9.17) is 0 Å². The molecule has 3 aromatic rings. The van der Waals surface area contributed by atoms with Crippen LogP contribution < -0.4 is 5.32 Å². The third-order valence-electron chi connectivity index (χ3n) is 8.46. The van der Waals surface area contributed by atoms with Gasteiger partial charge < -0.3 is 5.32 Å². The average Bonchev–Trinajstić information content (AvgIpc) is 3.74. The minimum absolute atomic E-state index is 0.622. The van der Waals surface area contributed by atoms with Crippen molar-refractivity contribution in [2.75, 3.05) is 5.32 Å². The molecular formula is C35H27N. The van der Waals surface area contributed by atoms with E-state index in [-0.39, 0.29) is 0 Å². The molecule has 3 aromatic carbocycles. The molecule has 1 nitrogen and oxygen atoms in total. The van der Waals surface area contributed by atoms with Crippen LogP contribution in [0.4, 0.5) is 5.69 Å². The molecule has 2 bridgehead atoms. The lowest BCUT2D eigenvalue weighted by Crippen LogP contribution is -2.09. The fourth-order valence-corrected chi connectivity index (χ4v) is 6.66. The summed E-state index contributed by atoms with van der Waals surface area (Å²) >= 11 is 0. The van der Waals surface area contributed by atoms with Gasteiger partial charge in [-0.1, -0.05) is 91.0 Å². The summed E-state index contributed by atoms with van der Waals surface area (Å²) in [5.41, 5.74) is 16.6. The SMILES string of the molecule is C1=CC(Nc2ccccc2)=C2C(=C(C3=CC=C4Cc5c3cccc5-c3ccccc34)C1)C=CC1CC21. The molecule has 0 aromatic heterocycles. The molecule has 1 saturated carbocycles. The molecule has 2 unspecified atom stereocenters. The van der Waals surface area contributed by atoms with Crippen LogP contribution in [0.25, 0.3) is 22.3 Å². The zero-order valence-corrected chi connectivity index (χ0v) is 20.2. The zero-order chi connectivity index (χ0) is 23.6. The lowest BCUT2D eigenvalue weighted by molar-refractivity contribution is 0.902. The Bertz CT molecular complexity index is 1620. The predicted octanol–water partition coefficient (Wildman–Crippen LogP) is 8.52. The number of fused-ring (bicyclic) bond motifs is 7. The third kappa shape index (κ3) is 3.02. The van der Waals surface area contributed by atoms with Gasteiger partial charge in [0, 0.05) is 11.4 Å². The van der Waals surface area contributed by atoms with Gasteiger partial charge in [-0.2, -0.15) is 0 Å². The molecule has 172 valence electrons. The summed E-state index contributed by atoms with van der Waals surface area (Å²) in [5.74, 6) is 1.31. The van der Waals surface area contributed by atoms with Gasteiger partial charge in [0.1, 0.15) is 0 Å². The second-order valence-electron chi connectivity index (χ2n) is 10.5. The molecular weight excluding hydrogens is 434 g/mol. The van der Waals surface area contributed by atoms with Gasteiger partial charge in [0.2, 0.25) is 0 Å². The molecule has 0 spiro atoms. The van der Waals surface area contributed by atoms with Gasteiger partial charge in [-0.05, 0) is 105 Å². The number of hydrogen-bond donors (Lipinski definition) is 1. The Morgan fingerprint density at radius 2 is 1.53 bits per heavy atom. The van der Waals surface area contributed by atoms with E-state index in [2.05, 4.69) is 115 Å². The molecule has 0 radical (unpaired) electrons. The average molecular weight is 462 g/mol. The van der Waals surface area contributed by atoms with Crippen molar-refractivity contribution in [2.45, 2.75) is 19.3 Å². The van der Waals surface area contributed by atoms with Gasteiger partial charge in [-0.3, -0.25) is 0 Å². The van der Waals surface area contributed by atoms with Crippen LogP contribution in [0, 0.1) is 11.8 Å². The molecule has 1 heteroatoms. The molecule has 8 rings (SSSR count). The molecule has 2 atom stereocenters. The summed E-state index contributed by atoms with van der Waals surface area (Å²) in [7, 11) is 0. The van der Waals surface area contributed by atoms with Crippen molar-refractivity contribution in [3.8, 4) is 11.1 Å². The number of rotatable bonds is 3. The van der Waals surface area contributed by atoms with Crippen molar-refractivity contribution < 1.29 is 0 Å². The number of anilines is 1. The smallest absolute Gasteiger partial charge is 0.0422 e. The normalized spacial score (nSPS) is 22.6. The minimum Gasteiger partial charge on any atom is -0.355 e. The molecule has 0 aliphatic heterocycles. The van der Waals surface area contributed by atoms with Crippen molar-refractivity contribution in [3.63, 3.8) is 0 Å². The number of benzene rings is 3. The lowest BCUT2D eigenvalue weighted by atomic mass is 9.78. The maximum absolute atomic E-state index is 3.76. The lowest BCUT2D eigenvalue weighted by Gasteiger charge is -2.25. The van der Waals surface area contributed by atoms with Gasteiger partial charge in [0.05, 0.1) is 0 Å². The van der Waals surface area contributed by atoms with Gasteiger partial charge in [-0.15, -0.1) is 0 Å². The zero-order valence-electron chi connectivity index (χ0n) is 20.2. The van der Waals surface area contributed by atoms with Crippen LogP contribution in [-0.4, -0.2) is 0 Å². The maximum atomic E-state index is 3.76. The van der Waals surface area contributed by atoms with Gasteiger partial charge >= 0.3 is 0 Å². The highest BCUT2D eigenvalue weighted by molar-refractivity contribution is 5.97. The Morgan fingerprint density at radius 3 is 2.44 bits per heavy atom. The summed E-state index contributed by atoms with van der Waals surface area (Å²) in [6.45, 7) is 0. The quantitative estimate of drug-likeness (QED) is 0.412. The van der Waals surface area contributed by atoms with Crippen LogP contribution in [0.2, 0.25) is 0 Å². The first-order chi connectivity index (χ1) is 17.8. The Hall–Kier alpha value is -4.10. The van der Waals surface area contributed by atoms with Crippen molar-refractivity contribution in [1.29, 1.82) is 0 Å². The van der Waals surface area contributed by atoms with E-state index in [9.17, 15) is 0 Å². The van der Waals surface area contributed by atoms with E-state index >= 15 is 0 Å². The summed E-state index contributed by atoms with van der Waals surface area (Å²) in [6, 6.07) is 26.4. The molecule has 0 amide bonds.